The minimum absolute atomic E-state index is 0.542. The molecule has 0 bridgehead atoms. The molecule has 2 aromatic carbocycles. The van der Waals surface area contributed by atoms with E-state index >= 15 is 0 Å². The van der Waals surface area contributed by atoms with Gasteiger partial charge in [0.25, 0.3) is 0 Å². The largest absolute Gasteiger partial charge is 0.464 e. The minimum Gasteiger partial charge on any atom is -0.464 e. The third kappa shape index (κ3) is 2.60. The number of rotatable bonds is 3. The van der Waals surface area contributed by atoms with E-state index in [0.717, 1.165) is 16.8 Å². The first-order chi connectivity index (χ1) is 11.6. The average molecular weight is 321 g/mol. The molecule has 4 nitrogen and oxygen atoms in total. The standard InChI is InChI=1S/C20H19NO3/c1-14-18(16-10-6-4-7-11-16)15(2)24-20(21-14,19(22)23-3)17-12-8-5-9-13-17/h4-13H,1-3H3. The van der Waals surface area contributed by atoms with Crippen LogP contribution in [0.25, 0.3) is 5.57 Å². The number of carbonyl (C=O) groups excluding carboxylic acids is 1. The molecule has 2 aromatic rings. The number of ether oxygens (including phenoxy) is 2. The van der Waals surface area contributed by atoms with Gasteiger partial charge in [-0.3, -0.25) is 0 Å². The van der Waals surface area contributed by atoms with E-state index in [2.05, 4.69) is 4.99 Å². The number of aliphatic imine (C=N–C) groups is 1. The lowest BCUT2D eigenvalue weighted by atomic mass is 9.96. The van der Waals surface area contributed by atoms with E-state index < -0.39 is 11.7 Å². The Morgan fingerprint density at radius 1 is 1.00 bits per heavy atom. The van der Waals surface area contributed by atoms with Crippen molar-refractivity contribution < 1.29 is 14.3 Å². The lowest BCUT2D eigenvalue weighted by Gasteiger charge is -2.34. The van der Waals surface area contributed by atoms with Crippen LogP contribution in [-0.2, 0) is 20.0 Å². The zero-order valence-electron chi connectivity index (χ0n) is 13.9. The predicted octanol–water partition coefficient (Wildman–Crippen LogP) is 3.93. The summed E-state index contributed by atoms with van der Waals surface area (Å²) in [5.74, 6) is 0.0995. The van der Waals surface area contributed by atoms with Crippen LogP contribution in [-0.4, -0.2) is 18.8 Å². The molecule has 4 heteroatoms. The van der Waals surface area contributed by atoms with Crippen molar-refractivity contribution in [3.63, 3.8) is 0 Å². The molecular weight excluding hydrogens is 302 g/mol. The molecule has 0 amide bonds. The van der Waals surface area contributed by atoms with Gasteiger partial charge < -0.3 is 9.47 Å². The second-order valence-electron chi connectivity index (χ2n) is 5.60. The third-order valence-corrected chi connectivity index (χ3v) is 4.03. The Labute approximate surface area is 141 Å². The Kier molecular flexibility index (Phi) is 4.21. The van der Waals surface area contributed by atoms with E-state index in [-0.39, 0.29) is 0 Å². The highest BCUT2D eigenvalue weighted by Gasteiger charge is 2.47. The van der Waals surface area contributed by atoms with Crippen molar-refractivity contribution >= 4 is 17.3 Å². The fourth-order valence-electron chi connectivity index (χ4n) is 2.99. The van der Waals surface area contributed by atoms with Crippen LogP contribution in [0.1, 0.15) is 25.0 Å². The summed E-state index contributed by atoms with van der Waals surface area (Å²) in [5.41, 5.74) is 1.78. The number of methoxy groups -OCH3 is 1. The fourth-order valence-corrected chi connectivity index (χ4v) is 2.99. The zero-order chi connectivity index (χ0) is 17.2. The fraction of sp³-hybridized carbons (Fsp3) is 0.200. The van der Waals surface area contributed by atoms with Crippen LogP contribution in [0, 0.1) is 0 Å². The van der Waals surface area contributed by atoms with Crippen LogP contribution >= 0.6 is 0 Å². The summed E-state index contributed by atoms with van der Waals surface area (Å²) in [6, 6.07) is 19.1. The van der Waals surface area contributed by atoms with Crippen LogP contribution in [0.3, 0.4) is 0 Å². The van der Waals surface area contributed by atoms with Gasteiger partial charge in [0.15, 0.2) is 0 Å². The Balaban J connectivity index is 2.14. The van der Waals surface area contributed by atoms with Gasteiger partial charge in [-0.15, -0.1) is 0 Å². The summed E-state index contributed by atoms with van der Waals surface area (Å²) in [6.45, 7) is 3.73. The monoisotopic (exact) mass is 321 g/mol. The van der Waals surface area contributed by atoms with Gasteiger partial charge >= 0.3 is 11.7 Å². The molecule has 1 atom stereocenters. The summed E-state index contributed by atoms with van der Waals surface area (Å²) in [4.78, 5) is 17.2. The summed E-state index contributed by atoms with van der Waals surface area (Å²) in [6.07, 6.45) is 0. The highest BCUT2D eigenvalue weighted by Crippen LogP contribution is 2.39. The molecule has 0 saturated carbocycles. The van der Waals surface area contributed by atoms with Gasteiger partial charge in [-0.1, -0.05) is 60.7 Å². The van der Waals surface area contributed by atoms with E-state index in [4.69, 9.17) is 9.47 Å². The molecule has 0 N–H and O–H groups in total. The van der Waals surface area contributed by atoms with Gasteiger partial charge in [-0.25, -0.2) is 9.79 Å². The van der Waals surface area contributed by atoms with Crippen LogP contribution < -0.4 is 0 Å². The van der Waals surface area contributed by atoms with Crippen molar-refractivity contribution in [2.45, 2.75) is 19.6 Å². The molecule has 24 heavy (non-hydrogen) atoms. The Bertz CT molecular complexity index is 809. The van der Waals surface area contributed by atoms with Gasteiger partial charge in [-0.2, -0.15) is 0 Å². The normalized spacial score (nSPS) is 20.2. The van der Waals surface area contributed by atoms with Crippen molar-refractivity contribution in [2.75, 3.05) is 7.11 Å². The van der Waals surface area contributed by atoms with Crippen molar-refractivity contribution in [2.24, 2.45) is 4.99 Å². The molecule has 0 fully saturated rings. The maximum Gasteiger partial charge on any atom is 0.379 e. The maximum absolute atomic E-state index is 12.5. The van der Waals surface area contributed by atoms with Gasteiger partial charge in [0.1, 0.15) is 5.76 Å². The molecule has 0 aromatic heterocycles. The van der Waals surface area contributed by atoms with Crippen molar-refractivity contribution in [3.05, 3.63) is 77.5 Å². The first-order valence-electron chi connectivity index (χ1n) is 7.74. The number of esters is 1. The number of carbonyl (C=O) groups is 1. The van der Waals surface area contributed by atoms with Gasteiger partial charge in [-0.05, 0) is 19.4 Å². The van der Waals surface area contributed by atoms with Crippen molar-refractivity contribution in [3.8, 4) is 0 Å². The topological polar surface area (TPSA) is 47.9 Å². The highest BCUT2D eigenvalue weighted by atomic mass is 16.6. The van der Waals surface area contributed by atoms with E-state index in [1.165, 1.54) is 7.11 Å². The molecule has 1 unspecified atom stereocenters. The van der Waals surface area contributed by atoms with Gasteiger partial charge in [0.2, 0.25) is 0 Å². The van der Waals surface area contributed by atoms with E-state index in [0.29, 0.717) is 11.3 Å². The smallest absolute Gasteiger partial charge is 0.379 e. The lowest BCUT2D eigenvalue weighted by molar-refractivity contribution is -0.165. The zero-order valence-corrected chi connectivity index (χ0v) is 13.9. The number of allylic oxidation sites excluding steroid dienone is 2. The van der Waals surface area contributed by atoms with Crippen LogP contribution in [0.5, 0.6) is 0 Å². The van der Waals surface area contributed by atoms with Gasteiger partial charge in [0, 0.05) is 16.8 Å². The first kappa shape index (κ1) is 16.0. The molecule has 0 saturated heterocycles. The van der Waals surface area contributed by atoms with Gasteiger partial charge in [0.05, 0.1) is 7.11 Å². The average Bonchev–Trinajstić information content (AvgIpc) is 2.62. The molecule has 1 aliphatic heterocycles. The molecule has 1 heterocycles. The third-order valence-electron chi connectivity index (χ3n) is 4.03. The van der Waals surface area contributed by atoms with E-state index in [1.807, 2.05) is 74.5 Å². The maximum atomic E-state index is 12.5. The minimum atomic E-state index is -1.50. The lowest BCUT2D eigenvalue weighted by Crippen LogP contribution is -2.40. The summed E-state index contributed by atoms with van der Waals surface area (Å²) >= 11 is 0. The molecule has 0 radical (unpaired) electrons. The quantitative estimate of drug-likeness (QED) is 0.805. The molecule has 0 spiro atoms. The summed E-state index contributed by atoms with van der Waals surface area (Å²) < 4.78 is 11.1. The molecular formula is C20H19NO3. The Morgan fingerprint density at radius 3 is 2.12 bits per heavy atom. The molecule has 122 valence electrons. The van der Waals surface area contributed by atoms with Crippen LogP contribution in [0.2, 0.25) is 0 Å². The molecule has 1 aliphatic rings. The number of benzene rings is 2. The van der Waals surface area contributed by atoms with E-state index in [9.17, 15) is 4.79 Å². The van der Waals surface area contributed by atoms with E-state index in [1.54, 1.807) is 0 Å². The number of nitrogens with zero attached hydrogens (tertiary/aromatic N) is 1. The highest BCUT2D eigenvalue weighted by molar-refractivity contribution is 6.24. The predicted molar refractivity (Wildman–Crippen MR) is 93.4 cm³/mol. The van der Waals surface area contributed by atoms with Crippen molar-refractivity contribution in [1.29, 1.82) is 0 Å². The SMILES string of the molecule is COC(=O)C1(c2ccccc2)N=C(C)C(c2ccccc2)=C(C)O1. The Morgan fingerprint density at radius 2 is 1.58 bits per heavy atom. The number of hydrogen-bond acceptors (Lipinski definition) is 4. The van der Waals surface area contributed by atoms with Crippen LogP contribution in [0.15, 0.2) is 71.4 Å². The second-order valence-corrected chi connectivity index (χ2v) is 5.60. The number of hydrogen-bond donors (Lipinski definition) is 0. The Hall–Kier alpha value is -2.88. The first-order valence-corrected chi connectivity index (χ1v) is 7.74. The van der Waals surface area contributed by atoms with Crippen molar-refractivity contribution in [1.82, 2.24) is 0 Å². The molecule has 0 aliphatic carbocycles. The molecule has 3 rings (SSSR count). The summed E-state index contributed by atoms with van der Waals surface area (Å²) in [7, 11) is 1.34. The van der Waals surface area contributed by atoms with Crippen LogP contribution in [0.4, 0.5) is 0 Å². The summed E-state index contributed by atoms with van der Waals surface area (Å²) in [5, 5.41) is 0. The second kappa shape index (κ2) is 6.32.